The summed E-state index contributed by atoms with van der Waals surface area (Å²) in [6.07, 6.45) is 1.04. The van der Waals surface area contributed by atoms with Crippen molar-refractivity contribution in [3.8, 4) is 0 Å². The van der Waals surface area contributed by atoms with Crippen LogP contribution in [0.2, 0.25) is 0 Å². The quantitative estimate of drug-likeness (QED) is 0.468. The van der Waals surface area contributed by atoms with E-state index in [1.165, 1.54) is 6.07 Å². The highest BCUT2D eigenvalue weighted by atomic mass is 127. The third-order valence-corrected chi connectivity index (χ3v) is 5.29. The van der Waals surface area contributed by atoms with Crippen molar-refractivity contribution in [2.75, 3.05) is 6.54 Å². The lowest BCUT2D eigenvalue weighted by Gasteiger charge is -2.22. The van der Waals surface area contributed by atoms with Crippen molar-refractivity contribution >= 4 is 54.5 Å². The van der Waals surface area contributed by atoms with Gasteiger partial charge in [0, 0.05) is 12.5 Å². The molecule has 0 fully saturated rings. The van der Waals surface area contributed by atoms with Crippen molar-refractivity contribution in [1.82, 2.24) is 5.32 Å². The highest BCUT2D eigenvalue weighted by Crippen LogP contribution is 2.33. The summed E-state index contributed by atoms with van der Waals surface area (Å²) in [5.41, 5.74) is 2.23. The van der Waals surface area contributed by atoms with Gasteiger partial charge in [-0.1, -0.05) is 44.8 Å². The Balaban J connectivity index is 2.49. The van der Waals surface area contributed by atoms with Crippen LogP contribution < -0.4 is 5.32 Å². The van der Waals surface area contributed by atoms with Crippen molar-refractivity contribution in [2.24, 2.45) is 0 Å². The Kier molecular flexibility index (Phi) is 6.65. The molecule has 0 spiro atoms. The smallest absolute Gasteiger partial charge is 0.124 e. The van der Waals surface area contributed by atoms with E-state index in [2.05, 4.69) is 72.8 Å². The Labute approximate surface area is 155 Å². The zero-order chi connectivity index (χ0) is 15.4. The number of hydrogen-bond acceptors (Lipinski definition) is 1. The van der Waals surface area contributed by atoms with E-state index >= 15 is 0 Å². The molecule has 2 aromatic carbocycles. The summed E-state index contributed by atoms with van der Waals surface area (Å²) >= 11 is 9.34. The summed E-state index contributed by atoms with van der Waals surface area (Å²) in [5.74, 6) is -0.203. The van der Waals surface area contributed by atoms with E-state index in [4.69, 9.17) is 0 Å². The lowest BCUT2D eigenvalue weighted by molar-refractivity contribution is 0.589. The molecule has 0 saturated heterocycles. The SMILES string of the molecule is CCCNC(c1cc(Br)ccc1Br)c1ccc(F)cc1I. The van der Waals surface area contributed by atoms with E-state index in [-0.39, 0.29) is 11.9 Å². The Bertz CT molecular complexity index is 634. The second-order valence-corrected chi connectivity index (χ2v) is 7.65. The topological polar surface area (TPSA) is 12.0 Å². The van der Waals surface area contributed by atoms with Crippen LogP contribution in [0.3, 0.4) is 0 Å². The summed E-state index contributed by atoms with van der Waals surface area (Å²) in [6, 6.07) is 11.1. The molecule has 0 saturated carbocycles. The molecule has 2 rings (SSSR count). The Morgan fingerprint density at radius 1 is 1.14 bits per heavy atom. The molecule has 1 nitrogen and oxygen atoms in total. The van der Waals surface area contributed by atoms with Crippen molar-refractivity contribution in [2.45, 2.75) is 19.4 Å². The monoisotopic (exact) mass is 525 g/mol. The molecule has 5 heteroatoms. The molecule has 2 aromatic rings. The predicted molar refractivity (Wildman–Crippen MR) is 101 cm³/mol. The lowest BCUT2D eigenvalue weighted by atomic mass is 9.98. The van der Waals surface area contributed by atoms with Crippen LogP contribution >= 0.6 is 54.5 Å². The van der Waals surface area contributed by atoms with Gasteiger partial charge in [0.25, 0.3) is 0 Å². The summed E-state index contributed by atoms with van der Waals surface area (Å²) in [5, 5.41) is 3.55. The first-order valence-corrected chi connectivity index (χ1v) is 9.32. The molecule has 0 radical (unpaired) electrons. The second-order valence-electron chi connectivity index (χ2n) is 4.72. The summed E-state index contributed by atoms with van der Waals surface area (Å²) in [7, 11) is 0. The van der Waals surface area contributed by atoms with Crippen LogP contribution in [0.5, 0.6) is 0 Å². The maximum atomic E-state index is 13.4. The van der Waals surface area contributed by atoms with Gasteiger partial charge in [-0.25, -0.2) is 4.39 Å². The van der Waals surface area contributed by atoms with Gasteiger partial charge in [0.2, 0.25) is 0 Å². The molecule has 1 N–H and O–H groups in total. The minimum absolute atomic E-state index is 0.0318. The number of benzene rings is 2. The van der Waals surface area contributed by atoms with E-state index in [0.717, 1.165) is 36.6 Å². The molecule has 21 heavy (non-hydrogen) atoms. The van der Waals surface area contributed by atoms with Crippen molar-refractivity contribution < 1.29 is 4.39 Å². The Hall–Kier alpha value is 0.0200. The van der Waals surface area contributed by atoms with Gasteiger partial charge in [-0.2, -0.15) is 0 Å². The van der Waals surface area contributed by atoms with Crippen LogP contribution in [0, 0.1) is 9.39 Å². The molecule has 0 aliphatic carbocycles. The van der Waals surface area contributed by atoms with Gasteiger partial charge in [-0.3, -0.25) is 0 Å². The van der Waals surface area contributed by atoms with Gasteiger partial charge in [0.15, 0.2) is 0 Å². The zero-order valence-corrected chi connectivity index (χ0v) is 16.8. The Morgan fingerprint density at radius 3 is 2.57 bits per heavy atom. The van der Waals surface area contributed by atoms with Crippen LogP contribution in [0.15, 0.2) is 45.3 Å². The van der Waals surface area contributed by atoms with Crippen LogP contribution in [-0.2, 0) is 0 Å². The highest BCUT2D eigenvalue weighted by molar-refractivity contribution is 14.1. The molecule has 0 amide bonds. The van der Waals surface area contributed by atoms with Gasteiger partial charge in [0.05, 0.1) is 6.04 Å². The molecule has 0 aliphatic rings. The van der Waals surface area contributed by atoms with Crippen LogP contribution in [-0.4, -0.2) is 6.54 Å². The maximum Gasteiger partial charge on any atom is 0.124 e. The first kappa shape index (κ1) is 17.4. The normalized spacial score (nSPS) is 12.4. The molecule has 0 aromatic heterocycles. The average molecular weight is 527 g/mol. The molecule has 0 heterocycles. The fourth-order valence-electron chi connectivity index (χ4n) is 2.15. The first-order chi connectivity index (χ1) is 10.0. The molecular formula is C16H15Br2FIN. The van der Waals surface area contributed by atoms with Gasteiger partial charge < -0.3 is 5.32 Å². The van der Waals surface area contributed by atoms with Gasteiger partial charge >= 0.3 is 0 Å². The van der Waals surface area contributed by atoms with E-state index in [1.807, 2.05) is 18.2 Å². The number of halogens is 4. The third kappa shape index (κ3) is 4.50. The van der Waals surface area contributed by atoms with Crippen molar-refractivity contribution in [3.05, 3.63) is 65.9 Å². The van der Waals surface area contributed by atoms with E-state index in [9.17, 15) is 4.39 Å². The molecule has 1 atom stereocenters. The van der Waals surface area contributed by atoms with E-state index in [0.29, 0.717) is 0 Å². The largest absolute Gasteiger partial charge is 0.306 e. The molecule has 112 valence electrons. The average Bonchev–Trinajstić information content (AvgIpc) is 2.44. The number of nitrogens with one attached hydrogen (secondary N) is 1. The van der Waals surface area contributed by atoms with Crippen LogP contribution in [0.4, 0.5) is 4.39 Å². The fraction of sp³-hybridized carbons (Fsp3) is 0.250. The number of hydrogen-bond donors (Lipinski definition) is 1. The van der Waals surface area contributed by atoms with Gasteiger partial charge in [-0.15, -0.1) is 0 Å². The maximum absolute atomic E-state index is 13.4. The second kappa shape index (κ2) is 8.04. The van der Waals surface area contributed by atoms with Crippen molar-refractivity contribution in [3.63, 3.8) is 0 Å². The van der Waals surface area contributed by atoms with E-state index < -0.39 is 0 Å². The summed E-state index contributed by atoms with van der Waals surface area (Å²) < 4.78 is 16.4. The first-order valence-electron chi connectivity index (χ1n) is 6.66. The van der Waals surface area contributed by atoms with Gasteiger partial charge in [-0.05, 0) is 77.0 Å². The Morgan fingerprint density at radius 2 is 1.90 bits per heavy atom. The summed E-state index contributed by atoms with van der Waals surface area (Å²) in [6.45, 7) is 3.03. The molecule has 1 unspecified atom stereocenters. The molecule has 0 bridgehead atoms. The van der Waals surface area contributed by atoms with Crippen LogP contribution in [0.25, 0.3) is 0 Å². The van der Waals surface area contributed by atoms with Crippen LogP contribution in [0.1, 0.15) is 30.5 Å². The minimum Gasteiger partial charge on any atom is -0.306 e. The minimum atomic E-state index is -0.203. The summed E-state index contributed by atoms with van der Waals surface area (Å²) in [4.78, 5) is 0. The zero-order valence-electron chi connectivity index (χ0n) is 11.5. The van der Waals surface area contributed by atoms with E-state index in [1.54, 1.807) is 6.07 Å². The standard InChI is InChI=1S/C16H15Br2FIN/c1-2-7-21-16(12-5-4-11(19)9-15(12)20)13-8-10(17)3-6-14(13)18/h3-6,8-9,16,21H,2,7H2,1H3. The highest BCUT2D eigenvalue weighted by Gasteiger charge is 2.19. The number of rotatable bonds is 5. The lowest BCUT2D eigenvalue weighted by Crippen LogP contribution is -2.24. The van der Waals surface area contributed by atoms with Gasteiger partial charge in [0.1, 0.15) is 5.82 Å². The third-order valence-electron chi connectivity index (χ3n) is 3.14. The fourth-order valence-corrected chi connectivity index (χ4v) is 3.79. The predicted octanol–water partition coefficient (Wildman–Crippen LogP) is 6.04. The molecular weight excluding hydrogens is 512 g/mol. The molecule has 0 aliphatic heterocycles. The van der Waals surface area contributed by atoms with Crippen molar-refractivity contribution in [1.29, 1.82) is 0 Å².